The van der Waals surface area contributed by atoms with E-state index in [1.165, 1.54) is 31.2 Å². The number of ether oxygens (including phenoxy) is 1. The highest BCUT2D eigenvalue weighted by Crippen LogP contribution is 2.28. The van der Waals surface area contributed by atoms with Gasteiger partial charge in [-0.3, -0.25) is 0 Å². The van der Waals surface area contributed by atoms with Gasteiger partial charge in [0.2, 0.25) is 0 Å². The predicted molar refractivity (Wildman–Crippen MR) is 77.8 cm³/mol. The molecular weight excluding hydrogens is 222 g/mol. The standard InChI is InChI=1S/C16H27NO/c1-4-7-13(8-5-2)16(17)14-9-11-15(12-10-14)18-6-3/h9-13,16H,4-8,17H2,1-3H3. The van der Waals surface area contributed by atoms with Crippen LogP contribution in [0, 0.1) is 5.92 Å². The summed E-state index contributed by atoms with van der Waals surface area (Å²) in [4.78, 5) is 0. The van der Waals surface area contributed by atoms with Crippen LogP contribution in [-0.4, -0.2) is 6.61 Å². The molecule has 0 aliphatic carbocycles. The molecule has 1 unspecified atom stereocenters. The van der Waals surface area contributed by atoms with Gasteiger partial charge in [-0.05, 0) is 43.4 Å². The smallest absolute Gasteiger partial charge is 0.119 e. The maximum absolute atomic E-state index is 6.39. The minimum Gasteiger partial charge on any atom is -0.494 e. The highest BCUT2D eigenvalue weighted by Gasteiger charge is 2.17. The van der Waals surface area contributed by atoms with E-state index in [1.807, 2.05) is 19.1 Å². The molecule has 0 bridgehead atoms. The van der Waals surface area contributed by atoms with E-state index in [0.717, 1.165) is 5.75 Å². The second-order valence-electron chi connectivity index (χ2n) is 4.87. The number of benzene rings is 1. The van der Waals surface area contributed by atoms with E-state index in [-0.39, 0.29) is 6.04 Å². The van der Waals surface area contributed by atoms with Gasteiger partial charge in [0, 0.05) is 6.04 Å². The topological polar surface area (TPSA) is 35.2 Å². The SMILES string of the molecule is CCCC(CCC)C(N)c1ccc(OCC)cc1. The zero-order valence-corrected chi connectivity index (χ0v) is 12.0. The fourth-order valence-corrected chi connectivity index (χ4v) is 2.47. The largest absolute Gasteiger partial charge is 0.494 e. The second-order valence-corrected chi connectivity index (χ2v) is 4.87. The molecule has 0 saturated carbocycles. The van der Waals surface area contributed by atoms with Gasteiger partial charge in [0.15, 0.2) is 0 Å². The Bertz CT molecular complexity index is 314. The first-order valence-corrected chi connectivity index (χ1v) is 7.21. The Morgan fingerprint density at radius 2 is 1.56 bits per heavy atom. The highest BCUT2D eigenvalue weighted by molar-refractivity contribution is 5.29. The molecule has 2 heteroatoms. The summed E-state index contributed by atoms with van der Waals surface area (Å²) in [6, 6.07) is 8.41. The zero-order valence-electron chi connectivity index (χ0n) is 12.0. The zero-order chi connectivity index (χ0) is 13.4. The van der Waals surface area contributed by atoms with E-state index < -0.39 is 0 Å². The van der Waals surface area contributed by atoms with Crippen molar-refractivity contribution in [3.05, 3.63) is 29.8 Å². The normalized spacial score (nSPS) is 12.7. The van der Waals surface area contributed by atoms with Crippen molar-refractivity contribution in [2.75, 3.05) is 6.61 Å². The summed E-state index contributed by atoms with van der Waals surface area (Å²) in [6.45, 7) is 7.17. The average Bonchev–Trinajstić information content (AvgIpc) is 2.39. The van der Waals surface area contributed by atoms with Crippen LogP contribution in [-0.2, 0) is 0 Å². The fourth-order valence-electron chi connectivity index (χ4n) is 2.47. The molecule has 0 aliphatic rings. The van der Waals surface area contributed by atoms with Crippen LogP contribution in [0.25, 0.3) is 0 Å². The maximum Gasteiger partial charge on any atom is 0.119 e. The third kappa shape index (κ3) is 4.34. The molecule has 1 atom stereocenters. The third-order valence-electron chi connectivity index (χ3n) is 3.40. The van der Waals surface area contributed by atoms with Crippen LogP contribution in [0.15, 0.2) is 24.3 Å². The Balaban J connectivity index is 2.70. The summed E-state index contributed by atoms with van der Waals surface area (Å²) < 4.78 is 5.46. The summed E-state index contributed by atoms with van der Waals surface area (Å²) in [7, 11) is 0. The molecule has 0 saturated heterocycles. The summed E-state index contributed by atoms with van der Waals surface area (Å²) in [5.74, 6) is 1.52. The fraction of sp³-hybridized carbons (Fsp3) is 0.625. The molecule has 0 heterocycles. The van der Waals surface area contributed by atoms with Crippen LogP contribution in [0.3, 0.4) is 0 Å². The van der Waals surface area contributed by atoms with Crippen molar-refractivity contribution in [3.63, 3.8) is 0 Å². The van der Waals surface area contributed by atoms with Crippen molar-refractivity contribution >= 4 is 0 Å². The van der Waals surface area contributed by atoms with Crippen LogP contribution >= 0.6 is 0 Å². The van der Waals surface area contributed by atoms with Crippen LogP contribution in [0.1, 0.15) is 58.1 Å². The molecule has 1 aromatic rings. The number of hydrogen-bond acceptors (Lipinski definition) is 2. The lowest BCUT2D eigenvalue weighted by Gasteiger charge is -2.23. The van der Waals surface area contributed by atoms with E-state index in [1.54, 1.807) is 0 Å². The molecule has 2 nitrogen and oxygen atoms in total. The van der Waals surface area contributed by atoms with Crippen molar-refractivity contribution < 1.29 is 4.74 Å². The molecule has 1 rings (SSSR count). The summed E-state index contributed by atoms with van der Waals surface area (Å²) in [6.07, 6.45) is 4.83. The first kappa shape index (κ1) is 15.0. The monoisotopic (exact) mass is 249 g/mol. The minimum absolute atomic E-state index is 0.153. The number of nitrogens with two attached hydrogens (primary N) is 1. The first-order valence-electron chi connectivity index (χ1n) is 7.21. The Hall–Kier alpha value is -1.02. The Morgan fingerprint density at radius 1 is 1.00 bits per heavy atom. The lowest BCUT2D eigenvalue weighted by atomic mass is 9.87. The van der Waals surface area contributed by atoms with Crippen molar-refractivity contribution in [2.24, 2.45) is 11.7 Å². The molecule has 0 fully saturated rings. The molecule has 1 aromatic carbocycles. The Labute approximate surface area is 112 Å². The number of hydrogen-bond donors (Lipinski definition) is 1. The van der Waals surface area contributed by atoms with Gasteiger partial charge in [0.25, 0.3) is 0 Å². The van der Waals surface area contributed by atoms with Gasteiger partial charge in [-0.1, -0.05) is 38.8 Å². The molecular formula is C16H27NO. The van der Waals surface area contributed by atoms with Gasteiger partial charge in [0.05, 0.1) is 6.61 Å². The lowest BCUT2D eigenvalue weighted by molar-refractivity contribution is 0.339. The number of rotatable bonds is 8. The van der Waals surface area contributed by atoms with Crippen molar-refractivity contribution in [2.45, 2.75) is 52.5 Å². The molecule has 0 aromatic heterocycles. The van der Waals surface area contributed by atoms with Gasteiger partial charge in [-0.15, -0.1) is 0 Å². The van der Waals surface area contributed by atoms with E-state index in [2.05, 4.69) is 26.0 Å². The predicted octanol–water partition coefficient (Wildman–Crippen LogP) is 4.30. The van der Waals surface area contributed by atoms with Crippen LogP contribution in [0.5, 0.6) is 5.75 Å². The van der Waals surface area contributed by atoms with Crippen molar-refractivity contribution in [3.8, 4) is 5.75 Å². The quantitative estimate of drug-likeness (QED) is 0.745. The third-order valence-corrected chi connectivity index (χ3v) is 3.40. The van der Waals surface area contributed by atoms with Crippen LogP contribution in [0.2, 0.25) is 0 Å². The summed E-state index contributed by atoms with van der Waals surface area (Å²) >= 11 is 0. The first-order chi connectivity index (χ1) is 8.72. The molecule has 102 valence electrons. The Kier molecular flexibility index (Phi) is 6.81. The van der Waals surface area contributed by atoms with Gasteiger partial charge in [0.1, 0.15) is 5.75 Å². The highest BCUT2D eigenvalue weighted by atomic mass is 16.5. The van der Waals surface area contributed by atoms with E-state index >= 15 is 0 Å². The molecule has 0 amide bonds. The maximum atomic E-state index is 6.39. The molecule has 0 radical (unpaired) electrons. The molecule has 2 N–H and O–H groups in total. The van der Waals surface area contributed by atoms with Gasteiger partial charge in [-0.25, -0.2) is 0 Å². The summed E-state index contributed by atoms with van der Waals surface area (Å²) in [5.41, 5.74) is 7.62. The van der Waals surface area contributed by atoms with Gasteiger partial charge < -0.3 is 10.5 Å². The van der Waals surface area contributed by atoms with E-state index in [0.29, 0.717) is 12.5 Å². The van der Waals surface area contributed by atoms with E-state index in [4.69, 9.17) is 10.5 Å². The van der Waals surface area contributed by atoms with Crippen molar-refractivity contribution in [1.82, 2.24) is 0 Å². The van der Waals surface area contributed by atoms with Crippen LogP contribution < -0.4 is 10.5 Å². The average molecular weight is 249 g/mol. The second kappa shape index (κ2) is 8.15. The molecule has 0 aliphatic heterocycles. The van der Waals surface area contributed by atoms with Gasteiger partial charge >= 0.3 is 0 Å². The van der Waals surface area contributed by atoms with E-state index in [9.17, 15) is 0 Å². The molecule has 18 heavy (non-hydrogen) atoms. The Morgan fingerprint density at radius 3 is 2.00 bits per heavy atom. The molecule has 0 spiro atoms. The van der Waals surface area contributed by atoms with Crippen molar-refractivity contribution in [1.29, 1.82) is 0 Å². The summed E-state index contributed by atoms with van der Waals surface area (Å²) in [5, 5.41) is 0. The van der Waals surface area contributed by atoms with Crippen LogP contribution in [0.4, 0.5) is 0 Å². The minimum atomic E-state index is 0.153. The lowest BCUT2D eigenvalue weighted by Crippen LogP contribution is -2.21. The van der Waals surface area contributed by atoms with Gasteiger partial charge in [-0.2, -0.15) is 0 Å².